The highest BCUT2D eigenvalue weighted by molar-refractivity contribution is 7.92. The van der Waals surface area contributed by atoms with E-state index in [-0.39, 0.29) is 45.5 Å². The minimum absolute atomic E-state index is 0.0221. The van der Waals surface area contributed by atoms with Crippen LogP contribution >= 0.6 is 34.8 Å². The van der Waals surface area contributed by atoms with Gasteiger partial charge >= 0.3 is 0 Å². The Morgan fingerprint density at radius 1 is 0.830 bits per heavy atom. The van der Waals surface area contributed by atoms with E-state index >= 15 is 0 Å². The average Bonchev–Trinajstić information content (AvgIpc) is 3.07. The number of sulfonamides is 1. The van der Waals surface area contributed by atoms with Crippen LogP contribution in [0.5, 0.6) is 5.75 Å². The number of nitrogens with zero attached hydrogens (tertiary/aromatic N) is 2. The number of halogens is 3. The minimum Gasteiger partial charge on any atom is -0.495 e. The molecule has 8 nitrogen and oxygen atoms in total. The number of hydrogen-bond donors (Lipinski definition) is 1. The second-order valence-electron chi connectivity index (χ2n) is 10.9. The summed E-state index contributed by atoms with van der Waals surface area (Å²) in [7, 11) is -2.84. The van der Waals surface area contributed by atoms with Gasteiger partial charge in [0.05, 0.1) is 32.8 Å². The fourth-order valence-corrected chi connectivity index (χ4v) is 6.89. The number of rotatable bonds is 14. The van der Waals surface area contributed by atoms with Crippen molar-refractivity contribution >= 4 is 62.3 Å². The second-order valence-corrected chi connectivity index (χ2v) is 14.0. The van der Waals surface area contributed by atoms with Gasteiger partial charge in [-0.25, -0.2) is 8.42 Å². The molecular weight excluding hydrogens is 681 g/mol. The van der Waals surface area contributed by atoms with Gasteiger partial charge in [-0.3, -0.25) is 13.9 Å². The first-order valence-electron chi connectivity index (χ1n) is 14.9. The lowest BCUT2D eigenvalue weighted by atomic mass is 10.0. The molecule has 0 radical (unpaired) electrons. The second kappa shape index (κ2) is 16.4. The summed E-state index contributed by atoms with van der Waals surface area (Å²) in [6.07, 6.45) is 0.849. The van der Waals surface area contributed by atoms with E-state index < -0.39 is 28.5 Å². The third-order valence-electron chi connectivity index (χ3n) is 7.64. The monoisotopic (exact) mass is 715 g/mol. The number of methoxy groups -OCH3 is 1. The standard InChI is InChI=1S/C35H36Cl3N3O5S/c1-4-24(2)39-35(43)32(20-25-11-7-5-8-12-25)40(22-26-15-17-29(36)30(37)19-26)34(42)23-41(27-16-18-33(46-3)31(38)21-27)47(44,45)28-13-9-6-10-14-28/h5-19,21,24,32H,4,20,22-23H2,1-3H3,(H,39,43)/t24-,32-/m0/s1. The van der Waals surface area contributed by atoms with Crippen LogP contribution in [0.25, 0.3) is 0 Å². The molecule has 0 saturated heterocycles. The van der Waals surface area contributed by atoms with Crippen molar-refractivity contribution < 1.29 is 22.7 Å². The topological polar surface area (TPSA) is 96.0 Å². The fourth-order valence-electron chi connectivity index (χ4n) is 4.89. The fraction of sp³-hybridized carbons (Fsp3) is 0.257. The zero-order chi connectivity index (χ0) is 34.1. The lowest BCUT2D eigenvalue weighted by Crippen LogP contribution is -2.54. The molecule has 4 aromatic rings. The smallest absolute Gasteiger partial charge is 0.264 e. The third-order valence-corrected chi connectivity index (χ3v) is 10.5. The number of ether oxygens (including phenoxy) is 1. The predicted molar refractivity (Wildman–Crippen MR) is 188 cm³/mol. The number of benzene rings is 4. The summed E-state index contributed by atoms with van der Waals surface area (Å²) >= 11 is 19.0. The van der Waals surface area contributed by atoms with Crippen LogP contribution < -0.4 is 14.4 Å². The molecule has 2 atom stereocenters. The van der Waals surface area contributed by atoms with Crippen LogP contribution in [-0.2, 0) is 32.6 Å². The maximum Gasteiger partial charge on any atom is 0.264 e. The number of nitrogens with one attached hydrogen (secondary N) is 1. The van der Waals surface area contributed by atoms with Crippen LogP contribution in [0.15, 0.2) is 102 Å². The summed E-state index contributed by atoms with van der Waals surface area (Å²) in [6.45, 7) is 3.14. The molecule has 0 fully saturated rings. The summed E-state index contributed by atoms with van der Waals surface area (Å²) in [4.78, 5) is 29.9. The summed E-state index contributed by atoms with van der Waals surface area (Å²) in [5, 5.41) is 3.78. The SMILES string of the molecule is CC[C@H](C)NC(=O)[C@H](Cc1ccccc1)N(Cc1ccc(Cl)c(Cl)c1)C(=O)CN(c1ccc(OC)c(Cl)c1)S(=O)(=O)c1ccccc1. The Bertz CT molecular complexity index is 1790. The van der Waals surface area contributed by atoms with E-state index in [1.807, 2.05) is 44.2 Å². The lowest BCUT2D eigenvalue weighted by molar-refractivity contribution is -0.140. The van der Waals surface area contributed by atoms with Crippen molar-refractivity contribution in [2.24, 2.45) is 0 Å². The zero-order valence-corrected chi connectivity index (χ0v) is 29.3. The van der Waals surface area contributed by atoms with Gasteiger partial charge in [-0.2, -0.15) is 0 Å². The largest absolute Gasteiger partial charge is 0.495 e. The number of carbonyl (C=O) groups excluding carboxylic acids is 2. The van der Waals surface area contributed by atoms with E-state index in [0.717, 1.165) is 9.87 Å². The Balaban J connectivity index is 1.84. The molecule has 0 aliphatic rings. The van der Waals surface area contributed by atoms with Gasteiger partial charge in [0.25, 0.3) is 10.0 Å². The Labute approximate surface area is 291 Å². The molecule has 0 heterocycles. The van der Waals surface area contributed by atoms with E-state index in [2.05, 4.69) is 5.32 Å². The minimum atomic E-state index is -4.28. The summed E-state index contributed by atoms with van der Waals surface area (Å²) in [5.74, 6) is -0.658. The Morgan fingerprint density at radius 3 is 2.09 bits per heavy atom. The maximum absolute atomic E-state index is 14.6. The van der Waals surface area contributed by atoms with E-state index in [1.54, 1.807) is 36.4 Å². The number of amides is 2. The molecule has 2 amide bonds. The quantitative estimate of drug-likeness (QED) is 0.147. The molecule has 0 saturated carbocycles. The molecule has 0 aliphatic heterocycles. The van der Waals surface area contributed by atoms with E-state index in [9.17, 15) is 18.0 Å². The van der Waals surface area contributed by atoms with Crippen molar-refractivity contribution in [2.45, 2.75) is 50.2 Å². The number of carbonyl (C=O) groups is 2. The Morgan fingerprint density at radius 2 is 1.49 bits per heavy atom. The van der Waals surface area contributed by atoms with Gasteiger partial charge in [-0.15, -0.1) is 0 Å². The van der Waals surface area contributed by atoms with E-state index in [0.29, 0.717) is 22.8 Å². The molecule has 0 spiro atoms. The zero-order valence-electron chi connectivity index (χ0n) is 26.2. The highest BCUT2D eigenvalue weighted by Crippen LogP contribution is 2.32. The van der Waals surface area contributed by atoms with Crippen molar-refractivity contribution in [3.8, 4) is 5.75 Å². The lowest BCUT2D eigenvalue weighted by Gasteiger charge is -2.34. The van der Waals surface area contributed by atoms with Crippen molar-refractivity contribution in [2.75, 3.05) is 18.0 Å². The Hall–Kier alpha value is -3.76. The molecular formula is C35H36Cl3N3O5S. The average molecular weight is 717 g/mol. The van der Waals surface area contributed by atoms with E-state index in [4.69, 9.17) is 39.5 Å². The first-order valence-corrected chi connectivity index (χ1v) is 17.5. The maximum atomic E-state index is 14.6. The van der Waals surface area contributed by atoms with Crippen LogP contribution in [0.3, 0.4) is 0 Å². The van der Waals surface area contributed by atoms with Gasteiger partial charge in [-0.05, 0) is 66.9 Å². The van der Waals surface area contributed by atoms with Gasteiger partial charge in [0.1, 0.15) is 18.3 Å². The Kier molecular flexibility index (Phi) is 12.6. The van der Waals surface area contributed by atoms with Gasteiger partial charge in [-0.1, -0.05) is 96.3 Å². The molecule has 0 bridgehead atoms. The van der Waals surface area contributed by atoms with Gasteiger partial charge in [0.2, 0.25) is 11.8 Å². The van der Waals surface area contributed by atoms with Gasteiger partial charge in [0, 0.05) is 19.0 Å². The number of hydrogen-bond acceptors (Lipinski definition) is 5. The first kappa shape index (κ1) is 36.1. The predicted octanol–water partition coefficient (Wildman–Crippen LogP) is 7.41. The molecule has 47 heavy (non-hydrogen) atoms. The number of anilines is 1. The van der Waals surface area contributed by atoms with Crippen LogP contribution in [0.2, 0.25) is 15.1 Å². The van der Waals surface area contributed by atoms with Crippen LogP contribution in [-0.4, -0.2) is 50.9 Å². The molecule has 0 unspecified atom stereocenters. The van der Waals surface area contributed by atoms with Crippen molar-refractivity contribution in [1.29, 1.82) is 0 Å². The molecule has 4 rings (SSSR count). The molecule has 12 heteroatoms. The van der Waals surface area contributed by atoms with Crippen molar-refractivity contribution in [3.63, 3.8) is 0 Å². The third kappa shape index (κ3) is 9.20. The van der Waals surface area contributed by atoms with Gasteiger partial charge < -0.3 is 15.0 Å². The molecule has 0 aromatic heterocycles. The van der Waals surface area contributed by atoms with Crippen molar-refractivity contribution in [3.05, 3.63) is 123 Å². The molecule has 0 aliphatic carbocycles. The molecule has 1 N–H and O–H groups in total. The van der Waals surface area contributed by atoms with E-state index in [1.165, 1.54) is 42.3 Å². The van der Waals surface area contributed by atoms with Crippen LogP contribution in [0.1, 0.15) is 31.4 Å². The highest BCUT2D eigenvalue weighted by Gasteiger charge is 2.35. The molecule has 4 aromatic carbocycles. The summed E-state index contributed by atoms with van der Waals surface area (Å²) in [5.41, 5.74) is 1.57. The highest BCUT2D eigenvalue weighted by atomic mass is 35.5. The molecule has 248 valence electrons. The van der Waals surface area contributed by atoms with Crippen LogP contribution in [0, 0.1) is 0 Å². The van der Waals surface area contributed by atoms with Gasteiger partial charge in [0.15, 0.2) is 0 Å². The normalized spacial score (nSPS) is 12.6. The van der Waals surface area contributed by atoms with Crippen molar-refractivity contribution in [1.82, 2.24) is 10.2 Å². The first-order chi connectivity index (χ1) is 22.4. The van der Waals surface area contributed by atoms with Crippen LogP contribution in [0.4, 0.5) is 5.69 Å². The summed E-state index contributed by atoms with van der Waals surface area (Å²) < 4.78 is 34.6. The summed E-state index contributed by atoms with van der Waals surface area (Å²) in [6, 6.07) is 25.3.